The summed E-state index contributed by atoms with van der Waals surface area (Å²) in [7, 11) is 0. The molecule has 11 heavy (non-hydrogen) atoms. The quantitative estimate of drug-likeness (QED) is 0.518. The van der Waals surface area contributed by atoms with Crippen LogP contribution in [0.5, 0.6) is 0 Å². The van der Waals surface area contributed by atoms with Gasteiger partial charge in [-0.25, -0.2) is 4.79 Å². The van der Waals surface area contributed by atoms with Crippen molar-refractivity contribution in [3.63, 3.8) is 0 Å². The van der Waals surface area contributed by atoms with Crippen molar-refractivity contribution in [2.75, 3.05) is 13.1 Å². The van der Waals surface area contributed by atoms with E-state index in [1.165, 1.54) is 0 Å². The average Bonchev–Trinajstić information content (AvgIpc) is 1.79. The molecule has 60 valence electrons. The maximum absolute atomic E-state index is 10.0. The highest BCUT2D eigenvalue weighted by Gasteiger charge is 2.21. The fourth-order valence-corrected chi connectivity index (χ4v) is 0.958. The van der Waals surface area contributed by atoms with Crippen molar-refractivity contribution < 1.29 is 9.90 Å². The van der Waals surface area contributed by atoms with E-state index < -0.39 is 5.97 Å². The van der Waals surface area contributed by atoms with Crippen LogP contribution in [0.25, 0.3) is 0 Å². The Kier molecular flexibility index (Phi) is 2.50. The second kappa shape index (κ2) is 3.40. The van der Waals surface area contributed by atoms with Crippen LogP contribution in [0.1, 0.15) is 6.92 Å². The van der Waals surface area contributed by atoms with Gasteiger partial charge in [-0.05, 0) is 5.92 Å². The first-order valence-corrected chi connectivity index (χ1v) is 3.65. The molecular weight excluding hydrogens is 142 g/mol. The van der Waals surface area contributed by atoms with E-state index in [-0.39, 0.29) is 5.92 Å². The van der Waals surface area contributed by atoms with Crippen LogP contribution in [0.3, 0.4) is 0 Å². The molecule has 1 aliphatic rings. The number of rotatable bonds is 1. The summed E-state index contributed by atoms with van der Waals surface area (Å²) in [4.78, 5) is 10.0. The number of hydrogen-bond acceptors (Lipinski definition) is 2. The molecule has 3 heteroatoms. The summed E-state index contributed by atoms with van der Waals surface area (Å²) in [6, 6.07) is 0. The van der Waals surface area contributed by atoms with Crippen molar-refractivity contribution in [2.24, 2.45) is 11.8 Å². The van der Waals surface area contributed by atoms with E-state index in [0.717, 1.165) is 13.1 Å². The van der Waals surface area contributed by atoms with Crippen LogP contribution in [-0.2, 0) is 4.79 Å². The molecule has 0 aromatic heterocycles. The Morgan fingerprint density at radius 2 is 2.36 bits per heavy atom. The molecule has 1 saturated heterocycles. The van der Waals surface area contributed by atoms with Gasteiger partial charge in [-0.2, -0.15) is 0 Å². The Morgan fingerprint density at radius 3 is 2.73 bits per heavy atom. The predicted octanol–water partition coefficient (Wildman–Crippen LogP) is -0.0701. The van der Waals surface area contributed by atoms with Gasteiger partial charge < -0.3 is 10.4 Å². The normalized spacial score (nSPS) is 19.4. The summed E-state index contributed by atoms with van der Waals surface area (Å²) in [5.41, 5.74) is 0. The van der Waals surface area contributed by atoms with Crippen LogP contribution >= 0.6 is 0 Å². The molecule has 0 saturated carbocycles. The van der Waals surface area contributed by atoms with Gasteiger partial charge in [0.05, 0.1) is 0 Å². The fraction of sp³-hybridized carbons (Fsp3) is 0.625. The van der Waals surface area contributed by atoms with Gasteiger partial charge in [0.25, 0.3) is 0 Å². The van der Waals surface area contributed by atoms with E-state index in [4.69, 9.17) is 5.11 Å². The van der Waals surface area contributed by atoms with Crippen LogP contribution < -0.4 is 5.32 Å². The highest BCUT2D eigenvalue weighted by Crippen LogP contribution is 2.13. The Labute approximate surface area is 65.8 Å². The molecule has 0 bridgehead atoms. The van der Waals surface area contributed by atoms with Crippen LogP contribution in [-0.4, -0.2) is 24.2 Å². The maximum Gasteiger partial charge on any atom is 0.381 e. The highest BCUT2D eigenvalue weighted by atomic mass is 16.4. The Morgan fingerprint density at radius 1 is 1.73 bits per heavy atom. The lowest BCUT2D eigenvalue weighted by molar-refractivity contribution is -0.130. The first-order valence-electron chi connectivity index (χ1n) is 3.65. The van der Waals surface area contributed by atoms with Crippen molar-refractivity contribution in [1.82, 2.24) is 5.32 Å². The topological polar surface area (TPSA) is 49.3 Å². The lowest BCUT2D eigenvalue weighted by Gasteiger charge is -2.29. The SMILES string of the molecule is CC(C#CC(=O)O)C1CNC1. The van der Waals surface area contributed by atoms with E-state index in [2.05, 4.69) is 17.2 Å². The Hall–Kier alpha value is -1.01. The van der Waals surface area contributed by atoms with Crippen LogP contribution in [0.2, 0.25) is 0 Å². The molecule has 1 rings (SSSR count). The molecule has 1 aliphatic heterocycles. The maximum atomic E-state index is 10.0. The van der Waals surface area contributed by atoms with Gasteiger partial charge in [-0.1, -0.05) is 12.8 Å². The predicted molar refractivity (Wildman–Crippen MR) is 40.9 cm³/mol. The molecule has 0 amide bonds. The Bertz CT molecular complexity index is 210. The van der Waals surface area contributed by atoms with Gasteiger partial charge in [0, 0.05) is 24.9 Å². The molecule has 0 aromatic carbocycles. The monoisotopic (exact) mass is 153 g/mol. The summed E-state index contributed by atoms with van der Waals surface area (Å²) in [6.45, 7) is 3.90. The van der Waals surface area contributed by atoms with Crippen molar-refractivity contribution >= 4 is 5.97 Å². The molecule has 1 atom stereocenters. The number of carboxylic acids is 1. The van der Waals surface area contributed by atoms with Crippen LogP contribution in [0.4, 0.5) is 0 Å². The van der Waals surface area contributed by atoms with Gasteiger partial charge in [-0.15, -0.1) is 0 Å². The minimum Gasteiger partial charge on any atom is -0.472 e. The van der Waals surface area contributed by atoms with Gasteiger partial charge in [-0.3, -0.25) is 0 Å². The molecule has 1 heterocycles. The minimum atomic E-state index is -1.04. The number of hydrogen-bond donors (Lipinski definition) is 2. The first-order chi connectivity index (χ1) is 5.20. The molecule has 0 aromatic rings. The van der Waals surface area contributed by atoms with Crippen molar-refractivity contribution in [2.45, 2.75) is 6.92 Å². The van der Waals surface area contributed by atoms with Crippen LogP contribution in [0, 0.1) is 23.7 Å². The second-order valence-electron chi connectivity index (χ2n) is 2.78. The van der Waals surface area contributed by atoms with E-state index in [0.29, 0.717) is 5.92 Å². The highest BCUT2D eigenvalue weighted by molar-refractivity contribution is 5.86. The molecule has 1 fully saturated rings. The van der Waals surface area contributed by atoms with E-state index >= 15 is 0 Å². The lowest BCUT2D eigenvalue weighted by atomic mass is 9.89. The zero-order chi connectivity index (χ0) is 8.27. The average molecular weight is 153 g/mol. The van der Waals surface area contributed by atoms with Gasteiger partial charge in [0.1, 0.15) is 0 Å². The van der Waals surface area contributed by atoms with Gasteiger partial charge in [0.2, 0.25) is 0 Å². The number of aliphatic carboxylic acids is 1. The summed E-state index contributed by atoms with van der Waals surface area (Å²) in [5.74, 6) is 4.53. The van der Waals surface area contributed by atoms with Crippen LogP contribution in [0.15, 0.2) is 0 Å². The third-order valence-corrected chi connectivity index (χ3v) is 1.93. The molecule has 3 nitrogen and oxygen atoms in total. The van der Waals surface area contributed by atoms with Crippen molar-refractivity contribution in [3.8, 4) is 11.8 Å². The third kappa shape index (κ3) is 2.24. The summed E-state index contributed by atoms with van der Waals surface area (Å²) >= 11 is 0. The fourth-order valence-electron chi connectivity index (χ4n) is 0.958. The third-order valence-electron chi connectivity index (χ3n) is 1.93. The Balaban J connectivity index is 2.36. The number of carboxylic acid groups (broad SMARTS) is 1. The number of nitrogens with one attached hydrogen (secondary N) is 1. The van der Waals surface area contributed by atoms with E-state index in [1.54, 1.807) is 0 Å². The molecule has 1 unspecified atom stereocenters. The molecule has 2 N–H and O–H groups in total. The summed E-state index contributed by atoms with van der Waals surface area (Å²) in [5, 5.41) is 11.4. The van der Waals surface area contributed by atoms with Crippen molar-refractivity contribution in [1.29, 1.82) is 0 Å². The molecule has 0 radical (unpaired) electrons. The largest absolute Gasteiger partial charge is 0.472 e. The van der Waals surface area contributed by atoms with Gasteiger partial charge in [0.15, 0.2) is 0 Å². The second-order valence-corrected chi connectivity index (χ2v) is 2.78. The first kappa shape index (κ1) is 8.09. The molecular formula is C8H11NO2. The summed E-state index contributed by atoms with van der Waals surface area (Å²) < 4.78 is 0. The van der Waals surface area contributed by atoms with E-state index in [1.807, 2.05) is 6.92 Å². The minimum absolute atomic E-state index is 0.201. The van der Waals surface area contributed by atoms with E-state index in [9.17, 15) is 4.79 Å². The standard InChI is InChI=1S/C8H11NO2/c1-6(2-3-8(10)11)7-4-9-5-7/h6-7,9H,4-5H2,1H3,(H,10,11). The zero-order valence-corrected chi connectivity index (χ0v) is 6.42. The lowest BCUT2D eigenvalue weighted by Crippen LogP contribution is -2.45. The summed E-state index contributed by atoms with van der Waals surface area (Å²) in [6.07, 6.45) is 0. The smallest absolute Gasteiger partial charge is 0.381 e. The molecule has 0 spiro atoms. The number of carbonyl (C=O) groups is 1. The van der Waals surface area contributed by atoms with Gasteiger partial charge >= 0.3 is 5.97 Å². The van der Waals surface area contributed by atoms with Crippen molar-refractivity contribution in [3.05, 3.63) is 0 Å². The zero-order valence-electron chi connectivity index (χ0n) is 6.42. The molecule has 0 aliphatic carbocycles.